The molecule has 0 aliphatic heterocycles. The van der Waals surface area contributed by atoms with Crippen LogP contribution < -0.4 is 4.74 Å². The zero-order valence-electron chi connectivity index (χ0n) is 9.82. The van der Waals surface area contributed by atoms with Crippen molar-refractivity contribution in [3.05, 3.63) is 29.3 Å². The summed E-state index contributed by atoms with van der Waals surface area (Å²) in [6.07, 6.45) is 0.830. The third kappa shape index (κ3) is 1.79. The Morgan fingerprint density at radius 2 is 2.00 bits per heavy atom. The molecule has 90 valence electrons. The Morgan fingerprint density at radius 1 is 1.35 bits per heavy atom. The van der Waals surface area contributed by atoms with Crippen LogP contribution in [0.4, 0.5) is 0 Å². The lowest BCUT2D eigenvalue weighted by molar-refractivity contribution is -0.141. The first-order valence-corrected chi connectivity index (χ1v) is 5.44. The second-order valence-electron chi connectivity index (χ2n) is 4.42. The highest BCUT2D eigenvalue weighted by atomic mass is 16.5. The first-order chi connectivity index (χ1) is 8.01. The van der Waals surface area contributed by atoms with E-state index in [1.165, 1.54) is 7.11 Å². The number of carboxylic acid groups (broad SMARTS) is 1. The van der Waals surface area contributed by atoms with E-state index in [1.54, 1.807) is 12.1 Å². The number of benzene rings is 1. The molecule has 1 saturated carbocycles. The van der Waals surface area contributed by atoms with Crippen LogP contribution in [0.15, 0.2) is 18.2 Å². The quantitative estimate of drug-likeness (QED) is 0.639. The normalized spacial score (nSPS) is 16.4. The number of carbonyl (C=O) groups is 2. The first kappa shape index (κ1) is 11.6. The first-order valence-electron chi connectivity index (χ1n) is 5.44. The van der Waals surface area contributed by atoms with Crippen LogP contribution in [-0.2, 0) is 4.79 Å². The molecule has 0 aromatic heterocycles. The van der Waals surface area contributed by atoms with Gasteiger partial charge in [-0.05, 0) is 31.9 Å². The van der Waals surface area contributed by atoms with Crippen molar-refractivity contribution in [1.82, 2.24) is 0 Å². The van der Waals surface area contributed by atoms with Crippen molar-refractivity contribution in [3.63, 3.8) is 0 Å². The van der Waals surface area contributed by atoms with E-state index < -0.39 is 11.4 Å². The zero-order valence-corrected chi connectivity index (χ0v) is 9.82. The summed E-state index contributed by atoms with van der Waals surface area (Å²) >= 11 is 0. The van der Waals surface area contributed by atoms with Crippen molar-refractivity contribution in [1.29, 1.82) is 0 Å². The van der Waals surface area contributed by atoms with Crippen LogP contribution >= 0.6 is 0 Å². The van der Waals surface area contributed by atoms with E-state index in [2.05, 4.69) is 0 Å². The third-order valence-corrected chi connectivity index (χ3v) is 3.19. The SMILES string of the molecule is COc1ccc(C)cc1C(=O)C1(C(=O)O)CC1. The van der Waals surface area contributed by atoms with E-state index in [4.69, 9.17) is 9.84 Å². The molecule has 1 aliphatic carbocycles. The summed E-state index contributed by atoms with van der Waals surface area (Å²) in [5.41, 5.74) is 0.0730. The van der Waals surface area contributed by atoms with Gasteiger partial charge in [0.1, 0.15) is 11.2 Å². The number of carboxylic acids is 1. The van der Waals surface area contributed by atoms with Crippen molar-refractivity contribution in [3.8, 4) is 5.75 Å². The van der Waals surface area contributed by atoms with Crippen molar-refractivity contribution in [2.45, 2.75) is 19.8 Å². The Morgan fingerprint density at radius 3 is 2.47 bits per heavy atom. The van der Waals surface area contributed by atoms with Gasteiger partial charge < -0.3 is 9.84 Å². The van der Waals surface area contributed by atoms with E-state index >= 15 is 0 Å². The lowest BCUT2D eigenvalue weighted by Crippen LogP contribution is -2.26. The molecular weight excluding hydrogens is 220 g/mol. The van der Waals surface area contributed by atoms with Crippen LogP contribution in [0.1, 0.15) is 28.8 Å². The number of ether oxygens (including phenoxy) is 1. The Bertz CT molecular complexity index is 486. The number of hydrogen-bond acceptors (Lipinski definition) is 3. The summed E-state index contributed by atoms with van der Waals surface area (Å²) in [6.45, 7) is 1.86. The molecule has 4 nitrogen and oxygen atoms in total. The predicted octanol–water partition coefficient (Wildman–Crippen LogP) is 2.05. The largest absolute Gasteiger partial charge is 0.496 e. The number of aliphatic carboxylic acids is 1. The number of rotatable bonds is 4. The van der Waals surface area contributed by atoms with Gasteiger partial charge in [-0.1, -0.05) is 11.6 Å². The van der Waals surface area contributed by atoms with Gasteiger partial charge in [0.05, 0.1) is 12.7 Å². The van der Waals surface area contributed by atoms with Crippen LogP contribution in [0.5, 0.6) is 5.75 Å². The minimum Gasteiger partial charge on any atom is -0.496 e. The maximum Gasteiger partial charge on any atom is 0.317 e. The van der Waals surface area contributed by atoms with Crippen LogP contribution in [0.3, 0.4) is 0 Å². The fourth-order valence-corrected chi connectivity index (χ4v) is 1.92. The summed E-state index contributed by atoms with van der Waals surface area (Å²) in [6, 6.07) is 5.21. The molecule has 1 aromatic carbocycles. The molecule has 0 unspecified atom stereocenters. The van der Waals surface area contributed by atoms with E-state index in [1.807, 2.05) is 13.0 Å². The molecule has 0 heterocycles. The molecule has 0 amide bonds. The number of carbonyl (C=O) groups excluding carboxylic acids is 1. The van der Waals surface area contributed by atoms with Gasteiger partial charge in [-0.25, -0.2) is 0 Å². The van der Waals surface area contributed by atoms with E-state index in [0.717, 1.165) is 5.56 Å². The van der Waals surface area contributed by atoms with Gasteiger partial charge in [-0.2, -0.15) is 0 Å². The van der Waals surface area contributed by atoms with Gasteiger partial charge in [0, 0.05) is 0 Å². The minimum absolute atomic E-state index is 0.342. The molecule has 17 heavy (non-hydrogen) atoms. The molecule has 1 fully saturated rings. The van der Waals surface area contributed by atoms with Crippen LogP contribution in [0.25, 0.3) is 0 Å². The van der Waals surface area contributed by atoms with Gasteiger partial charge in [-0.15, -0.1) is 0 Å². The highest BCUT2D eigenvalue weighted by Crippen LogP contribution is 2.49. The molecular formula is C13H14O4. The maximum atomic E-state index is 12.2. The Hall–Kier alpha value is -1.84. The lowest BCUT2D eigenvalue weighted by atomic mass is 9.93. The number of Topliss-reactive ketones (excluding diaryl/α,β-unsaturated/α-hetero) is 1. The molecule has 4 heteroatoms. The van der Waals surface area contributed by atoms with Gasteiger partial charge >= 0.3 is 5.97 Å². The summed E-state index contributed by atoms with van der Waals surface area (Å²) in [7, 11) is 1.47. The molecule has 0 radical (unpaired) electrons. The Balaban J connectivity index is 2.44. The number of aryl methyl sites for hydroxylation is 1. The number of methoxy groups -OCH3 is 1. The highest BCUT2D eigenvalue weighted by Gasteiger charge is 2.57. The predicted molar refractivity (Wildman–Crippen MR) is 61.4 cm³/mol. The lowest BCUT2D eigenvalue weighted by Gasteiger charge is -2.12. The second-order valence-corrected chi connectivity index (χ2v) is 4.42. The molecule has 0 atom stereocenters. The maximum absolute atomic E-state index is 12.2. The molecule has 1 aromatic rings. The molecule has 2 rings (SSSR count). The third-order valence-electron chi connectivity index (χ3n) is 3.19. The topological polar surface area (TPSA) is 63.6 Å². The van der Waals surface area contributed by atoms with Gasteiger partial charge in [0.15, 0.2) is 5.78 Å². The Kier molecular flexibility index (Phi) is 2.65. The van der Waals surface area contributed by atoms with E-state index in [-0.39, 0.29) is 5.78 Å². The van der Waals surface area contributed by atoms with Gasteiger partial charge in [0.25, 0.3) is 0 Å². The van der Waals surface area contributed by atoms with Gasteiger partial charge in [0.2, 0.25) is 0 Å². The van der Waals surface area contributed by atoms with E-state index in [9.17, 15) is 9.59 Å². The van der Waals surface area contributed by atoms with Crippen molar-refractivity contribution >= 4 is 11.8 Å². The molecule has 0 spiro atoms. The summed E-state index contributed by atoms with van der Waals surface area (Å²) in [5.74, 6) is -0.940. The van der Waals surface area contributed by atoms with Gasteiger partial charge in [-0.3, -0.25) is 9.59 Å². The Labute approximate surface area is 99.2 Å². The van der Waals surface area contributed by atoms with E-state index in [0.29, 0.717) is 24.2 Å². The van der Waals surface area contributed by atoms with Crippen LogP contribution in [0.2, 0.25) is 0 Å². The summed E-state index contributed by atoms with van der Waals surface area (Å²) in [5, 5.41) is 9.11. The van der Waals surface area contributed by atoms with Crippen LogP contribution in [0, 0.1) is 12.3 Å². The minimum atomic E-state index is -1.21. The average molecular weight is 234 g/mol. The average Bonchev–Trinajstić information content (AvgIpc) is 3.09. The molecule has 1 N–H and O–H groups in total. The zero-order chi connectivity index (χ0) is 12.6. The molecule has 0 bridgehead atoms. The number of ketones is 1. The fraction of sp³-hybridized carbons (Fsp3) is 0.385. The monoisotopic (exact) mass is 234 g/mol. The summed E-state index contributed by atoms with van der Waals surface area (Å²) in [4.78, 5) is 23.4. The van der Waals surface area contributed by atoms with Crippen molar-refractivity contribution in [2.24, 2.45) is 5.41 Å². The van der Waals surface area contributed by atoms with Crippen molar-refractivity contribution in [2.75, 3.05) is 7.11 Å². The van der Waals surface area contributed by atoms with Crippen molar-refractivity contribution < 1.29 is 19.4 Å². The number of hydrogen-bond donors (Lipinski definition) is 1. The standard InChI is InChI=1S/C13H14O4/c1-8-3-4-10(17-2)9(7-8)11(14)13(5-6-13)12(15)16/h3-4,7H,5-6H2,1-2H3,(H,15,16). The fourth-order valence-electron chi connectivity index (χ4n) is 1.92. The highest BCUT2D eigenvalue weighted by molar-refractivity contribution is 6.15. The summed E-state index contributed by atoms with van der Waals surface area (Å²) < 4.78 is 5.11. The van der Waals surface area contributed by atoms with Crippen LogP contribution in [-0.4, -0.2) is 24.0 Å². The second kappa shape index (κ2) is 3.87. The molecule has 0 saturated heterocycles. The smallest absolute Gasteiger partial charge is 0.317 e. The molecule has 1 aliphatic rings.